The smallest absolute Gasteiger partial charge is 0.343 e. The molecule has 0 amide bonds. The normalized spacial score (nSPS) is 10.7. The van der Waals surface area contributed by atoms with Crippen molar-refractivity contribution in [2.45, 2.75) is 33.4 Å². The first-order valence-corrected chi connectivity index (χ1v) is 10.4. The van der Waals surface area contributed by atoms with Crippen molar-refractivity contribution in [3.05, 3.63) is 87.2 Å². The van der Waals surface area contributed by atoms with Gasteiger partial charge < -0.3 is 19.4 Å². The summed E-state index contributed by atoms with van der Waals surface area (Å²) in [5.74, 6) is 0.469. The molecule has 0 atom stereocenters. The average Bonchev–Trinajstić information content (AvgIpc) is 2.72. The van der Waals surface area contributed by atoms with E-state index in [0.29, 0.717) is 28.8 Å². The molecule has 0 bridgehead atoms. The van der Waals surface area contributed by atoms with E-state index in [0.717, 1.165) is 5.56 Å². The van der Waals surface area contributed by atoms with Crippen molar-refractivity contribution in [3.8, 4) is 5.75 Å². The molecule has 0 saturated carbocycles. The van der Waals surface area contributed by atoms with E-state index in [2.05, 4.69) is 5.32 Å². The van der Waals surface area contributed by atoms with Gasteiger partial charge in [-0.1, -0.05) is 41.9 Å². The lowest BCUT2D eigenvalue weighted by Gasteiger charge is -2.18. The molecule has 1 N–H and O–H groups in total. The van der Waals surface area contributed by atoms with Crippen molar-refractivity contribution >= 4 is 29.1 Å². The predicted molar refractivity (Wildman–Crippen MR) is 123 cm³/mol. The minimum atomic E-state index is -0.640. The van der Waals surface area contributed by atoms with E-state index < -0.39 is 11.4 Å². The van der Waals surface area contributed by atoms with Crippen LogP contribution in [0, 0.1) is 0 Å². The number of aromatic nitrogens is 1. The van der Waals surface area contributed by atoms with Gasteiger partial charge in [0, 0.05) is 24.5 Å². The van der Waals surface area contributed by atoms with Crippen molar-refractivity contribution in [1.82, 2.24) is 4.57 Å². The Bertz CT molecular complexity index is 1110. The fourth-order valence-corrected chi connectivity index (χ4v) is 3.26. The lowest BCUT2D eigenvalue weighted by atomic mass is 10.2. The Balaban J connectivity index is 1.98. The molecule has 0 radical (unpaired) electrons. The van der Waals surface area contributed by atoms with Crippen molar-refractivity contribution < 1.29 is 14.3 Å². The van der Waals surface area contributed by atoms with E-state index >= 15 is 0 Å². The highest BCUT2D eigenvalue weighted by Gasteiger charge is 2.16. The summed E-state index contributed by atoms with van der Waals surface area (Å²) in [7, 11) is 0. The number of ether oxygens (including phenoxy) is 2. The third kappa shape index (κ3) is 5.89. The summed E-state index contributed by atoms with van der Waals surface area (Å²) in [5.41, 5.74) is 1.27. The number of nitrogens with zero attached hydrogens (tertiary/aromatic N) is 1. The second-order valence-corrected chi connectivity index (χ2v) is 7.61. The van der Waals surface area contributed by atoms with Crippen LogP contribution in [0.4, 0.5) is 11.5 Å². The van der Waals surface area contributed by atoms with Crippen LogP contribution in [0.1, 0.15) is 36.7 Å². The first kappa shape index (κ1) is 22.4. The maximum Gasteiger partial charge on any atom is 0.343 e. The van der Waals surface area contributed by atoms with Crippen molar-refractivity contribution in [2.24, 2.45) is 0 Å². The molecular weight excluding hydrogens is 416 g/mol. The van der Waals surface area contributed by atoms with E-state index in [1.54, 1.807) is 23.6 Å². The SMILES string of the molecule is CCOC(=O)c1cn(Cc2ccccc2)c(Nc2ccc(OC(C)C)c(Cl)c2)cc1=O. The molecule has 0 saturated heterocycles. The highest BCUT2D eigenvalue weighted by atomic mass is 35.5. The Labute approximate surface area is 186 Å². The lowest BCUT2D eigenvalue weighted by Crippen LogP contribution is -2.21. The van der Waals surface area contributed by atoms with Crippen LogP contribution in [-0.4, -0.2) is 23.2 Å². The number of pyridine rings is 1. The summed E-state index contributed by atoms with van der Waals surface area (Å²) in [4.78, 5) is 24.8. The summed E-state index contributed by atoms with van der Waals surface area (Å²) < 4.78 is 12.5. The Morgan fingerprint density at radius 2 is 1.87 bits per heavy atom. The Kier molecular flexibility index (Phi) is 7.36. The molecular formula is C24H25ClN2O4. The number of benzene rings is 2. The number of carbonyl (C=O) groups excluding carboxylic acids is 1. The average molecular weight is 441 g/mol. The van der Waals surface area contributed by atoms with Crippen molar-refractivity contribution in [2.75, 3.05) is 11.9 Å². The minimum absolute atomic E-state index is 0.00258. The second kappa shape index (κ2) is 10.2. The van der Waals surface area contributed by atoms with Gasteiger partial charge in [0.2, 0.25) is 0 Å². The van der Waals surface area contributed by atoms with Gasteiger partial charge in [-0.2, -0.15) is 0 Å². The molecule has 1 heterocycles. The van der Waals surface area contributed by atoms with E-state index in [9.17, 15) is 9.59 Å². The van der Waals surface area contributed by atoms with Gasteiger partial charge in [0.05, 0.1) is 17.7 Å². The third-order valence-corrected chi connectivity index (χ3v) is 4.68. The second-order valence-electron chi connectivity index (χ2n) is 7.21. The van der Waals surface area contributed by atoms with E-state index in [4.69, 9.17) is 21.1 Å². The van der Waals surface area contributed by atoms with Gasteiger partial charge in [0.15, 0.2) is 5.43 Å². The summed E-state index contributed by atoms with van der Waals surface area (Å²) in [6.07, 6.45) is 1.52. The topological polar surface area (TPSA) is 69.6 Å². The predicted octanol–water partition coefficient (Wildman–Crippen LogP) is 5.26. The zero-order valence-electron chi connectivity index (χ0n) is 17.7. The molecule has 1 aromatic heterocycles. The maximum absolute atomic E-state index is 12.6. The van der Waals surface area contributed by atoms with Crippen LogP contribution in [0.3, 0.4) is 0 Å². The number of rotatable bonds is 8. The van der Waals surface area contributed by atoms with Gasteiger partial charge in [0.1, 0.15) is 17.1 Å². The first-order valence-electron chi connectivity index (χ1n) is 10.1. The lowest BCUT2D eigenvalue weighted by molar-refractivity contribution is 0.0524. The monoisotopic (exact) mass is 440 g/mol. The Morgan fingerprint density at radius 3 is 2.52 bits per heavy atom. The van der Waals surface area contributed by atoms with Crippen LogP contribution in [-0.2, 0) is 11.3 Å². The quantitative estimate of drug-likeness (QED) is 0.484. The molecule has 6 nitrogen and oxygen atoms in total. The number of esters is 1. The summed E-state index contributed by atoms with van der Waals surface area (Å²) in [5, 5.41) is 3.68. The van der Waals surface area contributed by atoms with E-state index in [-0.39, 0.29) is 18.3 Å². The van der Waals surface area contributed by atoms with E-state index in [1.807, 2.05) is 50.2 Å². The van der Waals surface area contributed by atoms with Gasteiger partial charge in [-0.25, -0.2) is 4.79 Å². The number of anilines is 2. The number of nitrogens with one attached hydrogen (secondary N) is 1. The minimum Gasteiger partial charge on any atom is -0.489 e. The fourth-order valence-electron chi connectivity index (χ4n) is 3.03. The van der Waals surface area contributed by atoms with Crippen molar-refractivity contribution in [3.63, 3.8) is 0 Å². The van der Waals surface area contributed by atoms with Crippen LogP contribution >= 0.6 is 11.6 Å². The molecule has 0 fully saturated rings. The molecule has 0 unspecified atom stereocenters. The van der Waals surface area contributed by atoms with Crippen LogP contribution in [0.5, 0.6) is 5.75 Å². The molecule has 162 valence electrons. The summed E-state index contributed by atoms with van der Waals surface area (Å²) in [6.45, 7) is 6.21. The van der Waals surface area contributed by atoms with Crippen LogP contribution in [0.25, 0.3) is 0 Å². The molecule has 3 aromatic rings. The van der Waals surface area contributed by atoms with Gasteiger partial charge in [-0.15, -0.1) is 0 Å². The highest BCUT2D eigenvalue weighted by Crippen LogP contribution is 2.30. The fraction of sp³-hybridized carbons (Fsp3) is 0.250. The maximum atomic E-state index is 12.6. The molecule has 0 aliphatic heterocycles. The zero-order chi connectivity index (χ0) is 22.4. The van der Waals surface area contributed by atoms with Crippen LogP contribution in [0.2, 0.25) is 5.02 Å². The Hall–Kier alpha value is -3.25. The molecule has 31 heavy (non-hydrogen) atoms. The first-order chi connectivity index (χ1) is 14.9. The van der Waals surface area contributed by atoms with Gasteiger partial charge in [-0.05, 0) is 44.5 Å². The molecule has 0 spiro atoms. The third-order valence-electron chi connectivity index (χ3n) is 4.39. The Morgan fingerprint density at radius 1 is 1.13 bits per heavy atom. The largest absolute Gasteiger partial charge is 0.489 e. The number of carbonyl (C=O) groups is 1. The number of halogens is 1. The van der Waals surface area contributed by atoms with Crippen LogP contribution < -0.4 is 15.5 Å². The number of hydrogen-bond donors (Lipinski definition) is 1. The van der Waals surface area contributed by atoms with Gasteiger partial charge >= 0.3 is 5.97 Å². The van der Waals surface area contributed by atoms with Crippen LogP contribution in [0.15, 0.2) is 65.6 Å². The van der Waals surface area contributed by atoms with Crippen molar-refractivity contribution in [1.29, 1.82) is 0 Å². The highest BCUT2D eigenvalue weighted by molar-refractivity contribution is 6.32. The van der Waals surface area contributed by atoms with Gasteiger partial charge in [-0.3, -0.25) is 4.79 Å². The zero-order valence-corrected chi connectivity index (χ0v) is 18.5. The number of hydrogen-bond acceptors (Lipinski definition) is 5. The summed E-state index contributed by atoms with van der Waals surface area (Å²) in [6, 6.07) is 16.5. The molecule has 7 heteroatoms. The molecule has 2 aromatic carbocycles. The van der Waals surface area contributed by atoms with E-state index in [1.165, 1.54) is 12.3 Å². The molecule has 0 aliphatic carbocycles. The van der Waals surface area contributed by atoms with Gasteiger partial charge in [0.25, 0.3) is 0 Å². The standard InChI is InChI=1S/C24H25ClN2O4/c1-4-30-24(29)19-15-27(14-17-8-6-5-7-9-17)23(13-21(19)28)26-18-10-11-22(20(25)12-18)31-16(2)3/h5-13,15-16,26H,4,14H2,1-3H3. The molecule has 0 aliphatic rings. The molecule has 3 rings (SSSR count). The summed E-state index contributed by atoms with van der Waals surface area (Å²) >= 11 is 6.35.